The summed E-state index contributed by atoms with van der Waals surface area (Å²) in [5.41, 5.74) is 0. The summed E-state index contributed by atoms with van der Waals surface area (Å²) in [5.74, 6) is 0. The Labute approximate surface area is 83.1 Å². The summed E-state index contributed by atoms with van der Waals surface area (Å²) < 4.78 is 5.26. The highest BCUT2D eigenvalue weighted by atomic mass is 127. The van der Waals surface area contributed by atoms with Crippen LogP contribution in [-0.2, 0) is 4.74 Å². The normalized spacial score (nSPS) is 49.2. The van der Waals surface area contributed by atoms with E-state index in [1.807, 2.05) is 22.6 Å². The molecule has 1 saturated heterocycles. The molecule has 1 heterocycles. The zero-order valence-corrected chi connectivity index (χ0v) is 8.33. The van der Waals surface area contributed by atoms with Gasteiger partial charge in [-0.2, -0.15) is 0 Å². The van der Waals surface area contributed by atoms with Crippen LogP contribution in [-0.4, -0.2) is 55.6 Å². The molecule has 1 aliphatic rings. The summed E-state index contributed by atoms with van der Waals surface area (Å²) in [4.78, 5) is 0. The summed E-state index contributed by atoms with van der Waals surface area (Å²) in [7, 11) is 0. The van der Waals surface area contributed by atoms with E-state index >= 15 is 0 Å². The smallest absolute Gasteiger partial charge is 0.183 e. The van der Waals surface area contributed by atoms with E-state index in [2.05, 4.69) is 0 Å². The van der Waals surface area contributed by atoms with Gasteiger partial charge in [0, 0.05) is 4.43 Å². The number of halogens is 1. The van der Waals surface area contributed by atoms with Gasteiger partial charge in [0.25, 0.3) is 0 Å². The first kappa shape index (κ1) is 10.6. The molecule has 0 unspecified atom stereocenters. The largest absolute Gasteiger partial charge is 0.388 e. The first-order valence-electron chi connectivity index (χ1n) is 3.51. The van der Waals surface area contributed by atoms with Gasteiger partial charge in [-0.3, -0.25) is 0 Å². The van der Waals surface area contributed by atoms with E-state index < -0.39 is 30.7 Å². The highest BCUT2D eigenvalue weighted by Crippen LogP contribution is 2.20. The molecule has 0 radical (unpaired) electrons. The minimum Gasteiger partial charge on any atom is -0.388 e. The molecular weight excluding hydrogens is 279 g/mol. The lowest BCUT2D eigenvalue weighted by Crippen LogP contribution is -2.57. The fraction of sp³-hybridized carbons (Fsp3) is 1.00. The van der Waals surface area contributed by atoms with Gasteiger partial charge < -0.3 is 25.2 Å². The maximum Gasteiger partial charge on any atom is 0.183 e. The highest BCUT2D eigenvalue weighted by Gasteiger charge is 2.42. The third-order valence-corrected chi connectivity index (χ3v) is 2.71. The third kappa shape index (κ3) is 1.88. The minimum absolute atomic E-state index is 0.444. The molecule has 1 fully saturated rings. The Balaban J connectivity index is 2.63. The van der Waals surface area contributed by atoms with Crippen molar-refractivity contribution in [3.8, 4) is 0 Å². The van der Waals surface area contributed by atoms with E-state index in [0.29, 0.717) is 4.43 Å². The fourth-order valence-electron chi connectivity index (χ4n) is 1.06. The van der Waals surface area contributed by atoms with Crippen molar-refractivity contribution in [1.29, 1.82) is 0 Å². The summed E-state index contributed by atoms with van der Waals surface area (Å²) in [6, 6.07) is 0. The third-order valence-electron chi connectivity index (χ3n) is 1.84. The molecule has 5 atom stereocenters. The zero-order chi connectivity index (χ0) is 9.30. The number of ether oxygens (including phenoxy) is 1. The number of hydrogen-bond donors (Lipinski definition) is 4. The molecule has 0 aliphatic carbocycles. The molecule has 0 saturated carbocycles. The summed E-state index contributed by atoms with van der Waals surface area (Å²) >= 11 is 1.96. The predicted octanol–water partition coefficient (Wildman–Crippen LogP) is -1.78. The number of rotatable bonds is 1. The van der Waals surface area contributed by atoms with Gasteiger partial charge in [0.2, 0.25) is 0 Å². The number of aliphatic hydroxyl groups excluding tert-OH is 4. The Kier molecular flexibility index (Phi) is 3.68. The van der Waals surface area contributed by atoms with Gasteiger partial charge in [0.15, 0.2) is 6.29 Å². The maximum atomic E-state index is 9.27. The van der Waals surface area contributed by atoms with Crippen LogP contribution in [0.2, 0.25) is 0 Å². The molecule has 0 amide bonds. The van der Waals surface area contributed by atoms with Gasteiger partial charge >= 0.3 is 0 Å². The van der Waals surface area contributed by atoms with Gasteiger partial charge in [0.1, 0.15) is 18.3 Å². The molecule has 0 aromatic rings. The van der Waals surface area contributed by atoms with Gasteiger partial charge in [-0.25, -0.2) is 0 Å². The van der Waals surface area contributed by atoms with Crippen LogP contribution in [0, 0.1) is 0 Å². The van der Waals surface area contributed by atoms with E-state index in [9.17, 15) is 10.2 Å². The SMILES string of the molecule is O[C@@H]1[C@H](O)[C@@H](O)O[C@H](CI)[C@H]1O. The fourth-order valence-corrected chi connectivity index (χ4v) is 1.79. The molecule has 0 bridgehead atoms. The molecule has 4 N–H and O–H groups in total. The Hall–Kier alpha value is 0.530. The van der Waals surface area contributed by atoms with Crippen molar-refractivity contribution in [2.45, 2.75) is 30.7 Å². The van der Waals surface area contributed by atoms with E-state index in [0.717, 1.165) is 0 Å². The van der Waals surface area contributed by atoms with Gasteiger partial charge in [-0.05, 0) is 0 Å². The number of hydrogen-bond acceptors (Lipinski definition) is 5. The second-order valence-electron chi connectivity index (χ2n) is 2.69. The van der Waals surface area contributed by atoms with Crippen LogP contribution in [0.1, 0.15) is 0 Å². The van der Waals surface area contributed by atoms with E-state index in [-0.39, 0.29) is 0 Å². The molecule has 12 heavy (non-hydrogen) atoms. The first-order valence-corrected chi connectivity index (χ1v) is 5.04. The van der Waals surface area contributed by atoms with Crippen molar-refractivity contribution >= 4 is 22.6 Å². The lowest BCUT2D eigenvalue weighted by atomic mass is 10.0. The van der Waals surface area contributed by atoms with Gasteiger partial charge in [0.05, 0.1) is 6.10 Å². The average molecular weight is 290 g/mol. The van der Waals surface area contributed by atoms with Crippen LogP contribution in [0.15, 0.2) is 0 Å². The Morgan fingerprint density at radius 3 is 2.08 bits per heavy atom. The maximum absolute atomic E-state index is 9.27. The van der Waals surface area contributed by atoms with Crippen molar-refractivity contribution < 1.29 is 25.2 Å². The van der Waals surface area contributed by atoms with E-state index in [1.54, 1.807) is 0 Å². The standard InChI is InChI=1S/C6H11IO5/c7-1-2-3(8)4(9)5(10)6(11)12-2/h2-6,8-11H,1H2/t2-,3-,4+,5+,6+/m1/s1. The Morgan fingerprint density at radius 2 is 1.58 bits per heavy atom. The monoisotopic (exact) mass is 290 g/mol. The molecular formula is C6H11IO5. The van der Waals surface area contributed by atoms with Gasteiger partial charge in [-0.1, -0.05) is 22.6 Å². The van der Waals surface area contributed by atoms with Crippen molar-refractivity contribution in [1.82, 2.24) is 0 Å². The molecule has 72 valence electrons. The summed E-state index contributed by atoms with van der Waals surface area (Å²) in [5, 5.41) is 36.5. The van der Waals surface area contributed by atoms with Crippen LogP contribution >= 0.6 is 22.6 Å². The number of alkyl halides is 1. The van der Waals surface area contributed by atoms with E-state index in [1.165, 1.54) is 0 Å². The summed E-state index contributed by atoms with van der Waals surface area (Å²) in [6.45, 7) is 0. The first-order chi connectivity index (χ1) is 5.57. The van der Waals surface area contributed by atoms with E-state index in [4.69, 9.17) is 14.9 Å². The van der Waals surface area contributed by atoms with Crippen LogP contribution < -0.4 is 0 Å². The van der Waals surface area contributed by atoms with Crippen LogP contribution in [0.3, 0.4) is 0 Å². The van der Waals surface area contributed by atoms with Crippen molar-refractivity contribution in [2.24, 2.45) is 0 Å². The lowest BCUT2D eigenvalue weighted by molar-refractivity contribution is -0.275. The molecule has 0 spiro atoms. The van der Waals surface area contributed by atoms with Crippen molar-refractivity contribution in [3.63, 3.8) is 0 Å². The Bertz CT molecular complexity index is 150. The highest BCUT2D eigenvalue weighted by molar-refractivity contribution is 14.1. The minimum atomic E-state index is -1.43. The van der Waals surface area contributed by atoms with Crippen molar-refractivity contribution in [2.75, 3.05) is 4.43 Å². The topological polar surface area (TPSA) is 90.2 Å². The van der Waals surface area contributed by atoms with Crippen LogP contribution in [0.5, 0.6) is 0 Å². The summed E-state index contributed by atoms with van der Waals surface area (Å²) in [6.07, 6.45) is -5.95. The average Bonchev–Trinajstić information content (AvgIpc) is 2.08. The molecule has 6 heteroatoms. The quantitative estimate of drug-likeness (QED) is 0.339. The van der Waals surface area contributed by atoms with Crippen LogP contribution in [0.4, 0.5) is 0 Å². The number of aliphatic hydroxyl groups is 4. The molecule has 5 nitrogen and oxygen atoms in total. The van der Waals surface area contributed by atoms with Crippen LogP contribution in [0.25, 0.3) is 0 Å². The predicted molar refractivity (Wildman–Crippen MR) is 47.8 cm³/mol. The van der Waals surface area contributed by atoms with Gasteiger partial charge in [-0.15, -0.1) is 0 Å². The second-order valence-corrected chi connectivity index (χ2v) is 3.57. The lowest BCUT2D eigenvalue weighted by Gasteiger charge is -2.37. The molecule has 1 rings (SSSR count). The zero-order valence-electron chi connectivity index (χ0n) is 6.17. The molecule has 0 aromatic heterocycles. The van der Waals surface area contributed by atoms with Crippen molar-refractivity contribution in [3.05, 3.63) is 0 Å². The Morgan fingerprint density at radius 1 is 1.00 bits per heavy atom. The molecule has 0 aromatic carbocycles. The second kappa shape index (κ2) is 4.16. The molecule has 1 aliphatic heterocycles.